The van der Waals surface area contributed by atoms with Crippen LogP contribution in [0.3, 0.4) is 0 Å². The van der Waals surface area contributed by atoms with E-state index in [1.807, 2.05) is 25.1 Å². The normalized spacial score (nSPS) is 11.7. The minimum Gasteiger partial charge on any atom is -0.354 e. The molecule has 156 valence electrons. The van der Waals surface area contributed by atoms with Crippen molar-refractivity contribution in [1.29, 1.82) is 0 Å². The van der Waals surface area contributed by atoms with Crippen molar-refractivity contribution < 1.29 is 14.0 Å². The summed E-state index contributed by atoms with van der Waals surface area (Å²) in [6.45, 7) is 4.53. The van der Waals surface area contributed by atoms with Gasteiger partial charge in [-0.3, -0.25) is 9.59 Å². The first-order valence-electron chi connectivity index (χ1n) is 9.55. The Morgan fingerprint density at radius 3 is 2.52 bits per heavy atom. The fraction of sp³-hybridized carbons (Fsp3) is 0.364. The molecule has 1 atom stereocenters. The van der Waals surface area contributed by atoms with E-state index in [0.717, 1.165) is 17.5 Å². The molecule has 1 N–H and O–H groups in total. The van der Waals surface area contributed by atoms with Crippen molar-refractivity contribution in [3.05, 3.63) is 70.5 Å². The first kappa shape index (κ1) is 23.2. The number of hydrogen-bond acceptors (Lipinski definition) is 3. The lowest BCUT2D eigenvalue weighted by molar-refractivity contribution is -0.138. The van der Waals surface area contributed by atoms with Gasteiger partial charge in [-0.2, -0.15) is 0 Å². The Kier molecular flexibility index (Phi) is 9.48. The van der Waals surface area contributed by atoms with Gasteiger partial charge >= 0.3 is 0 Å². The number of hydrogen-bond donors (Lipinski definition) is 1. The molecular weight excluding hydrogens is 411 g/mol. The summed E-state index contributed by atoms with van der Waals surface area (Å²) in [6, 6.07) is 12.9. The second-order valence-corrected chi connectivity index (χ2v) is 8.09. The molecule has 2 aromatic carbocycles. The molecule has 0 radical (unpaired) electrons. The zero-order chi connectivity index (χ0) is 21.2. The van der Waals surface area contributed by atoms with Gasteiger partial charge in [-0.15, -0.1) is 11.8 Å². The molecule has 0 aliphatic carbocycles. The quantitative estimate of drug-likeness (QED) is 0.589. The van der Waals surface area contributed by atoms with Crippen molar-refractivity contribution in [1.82, 2.24) is 10.2 Å². The fourth-order valence-corrected chi connectivity index (χ4v) is 3.77. The van der Waals surface area contributed by atoms with Crippen LogP contribution in [0.1, 0.15) is 31.4 Å². The molecule has 2 rings (SSSR count). The summed E-state index contributed by atoms with van der Waals surface area (Å²) >= 11 is 7.70. The van der Waals surface area contributed by atoms with Crippen molar-refractivity contribution in [2.75, 3.05) is 12.3 Å². The number of carbonyl (C=O) groups excluding carboxylic acids is 2. The predicted molar refractivity (Wildman–Crippen MR) is 117 cm³/mol. The molecule has 0 aromatic heterocycles. The van der Waals surface area contributed by atoms with E-state index in [0.29, 0.717) is 17.3 Å². The van der Waals surface area contributed by atoms with Crippen molar-refractivity contribution >= 4 is 35.2 Å². The molecule has 0 saturated carbocycles. The van der Waals surface area contributed by atoms with Gasteiger partial charge in [-0.25, -0.2) is 4.39 Å². The van der Waals surface area contributed by atoms with Gasteiger partial charge in [0.2, 0.25) is 11.8 Å². The Bertz CT molecular complexity index is 817. The van der Waals surface area contributed by atoms with E-state index in [-0.39, 0.29) is 29.9 Å². The smallest absolute Gasteiger partial charge is 0.242 e. The van der Waals surface area contributed by atoms with Crippen molar-refractivity contribution in [2.45, 2.75) is 38.6 Å². The van der Waals surface area contributed by atoms with Crippen LogP contribution in [0.15, 0.2) is 48.5 Å². The molecule has 0 spiro atoms. The number of amides is 2. The van der Waals surface area contributed by atoms with Crippen LogP contribution in [0, 0.1) is 5.82 Å². The second kappa shape index (κ2) is 11.8. The largest absolute Gasteiger partial charge is 0.354 e. The minimum atomic E-state index is -0.614. The molecule has 0 aliphatic rings. The Hall–Kier alpha value is -2.05. The van der Waals surface area contributed by atoms with E-state index >= 15 is 0 Å². The van der Waals surface area contributed by atoms with Crippen molar-refractivity contribution in [3.8, 4) is 0 Å². The highest BCUT2D eigenvalue weighted by molar-refractivity contribution is 7.99. The summed E-state index contributed by atoms with van der Waals surface area (Å²) in [5.74, 6) is 0.190. The molecule has 0 heterocycles. The number of nitrogens with zero attached hydrogens (tertiary/aromatic N) is 1. The third kappa shape index (κ3) is 7.37. The van der Waals surface area contributed by atoms with Crippen LogP contribution in [0.4, 0.5) is 4.39 Å². The summed E-state index contributed by atoms with van der Waals surface area (Å²) in [7, 11) is 0. The van der Waals surface area contributed by atoms with Gasteiger partial charge in [0.15, 0.2) is 0 Å². The van der Waals surface area contributed by atoms with Crippen LogP contribution in [0.5, 0.6) is 0 Å². The van der Waals surface area contributed by atoms with Gasteiger partial charge in [0.25, 0.3) is 0 Å². The number of thioether (sulfide) groups is 1. The molecule has 29 heavy (non-hydrogen) atoms. The maximum absolute atomic E-state index is 13.0. The van der Waals surface area contributed by atoms with Gasteiger partial charge in [0, 0.05) is 23.9 Å². The highest BCUT2D eigenvalue weighted by Crippen LogP contribution is 2.20. The van der Waals surface area contributed by atoms with E-state index in [9.17, 15) is 14.0 Å². The maximum atomic E-state index is 13.0. The lowest BCUT2D eigenvalue weighted by Gasteiger charge is -2.29. The summed E-state index contributed by atoms with van der Waals surface area (Å²) in [6.07, 6.45) is 0.824. The SMILES string of the molecule is CCCNC(=O)[C@H](C)N(Cc1ccccc1Cl)C(=O)CSCc1ccc(F)cc1. The van der Waals surface area contributed by atoms with Crippen LogP contribution in [0.2, 0.25) is 5.02 Å². The number of benzene rings is 2. The summed E-state index contributed by atoms with van der Waals surface area (Å²) in [5.41, 5.74) is 1.73. The molecule has 7 heteroatoms. The van der Waals surface area contributed by atoms with E-state index < -0.39 is 6.04 Å². The maximum Gasteiger partial charge on any atom is 0.242 e. The number of halogens is 2. The van der Waals surface area contributed by atoms with Crippen molar-refractivity contribution in [2.24, 2.45) is 0 Å². The number of carbonyl (C=O) groups is 2. The Morgan fingerprint density at radius 1 is 1.17 bits per heavy atom. The van der Waals surface area contributed by atoms with E-state index in [4.69, 9.17) is 11.6 Å². The number of rotatable bonds is 10. The predicted octanol–water partition coefficient (Wildman–Crippen LogP) is 4.66. The van der Waals surface area contributed by atoms with Gasteiger partial charge in [0.05, 0.1) is 5.75 Å². The zero-order valence-corrected chi connectivity index (χ0v) is 18.2. The minimum absolute atomic E-state index is 0.142. The molecule has 0 fully saturated rings. The van der Waals surface area contributed by atoms with Gasteiger partial charge in [-0.05, 0) is 42.7 Å². The zero-order valence-electron chi connectivity index (χ0n) is 16.7. The Labute approximate surface area is 180 Å². The fourth-order valence-electron chi connectivity index (χ4n) is 2.71. The van der Waals surface area contributed by atoms with Crippen LogP contribution in [-0.4, -0.2) is 35.1 Å². The molecule has 2 amide bonds. The molecule has 0 unspecified atom stereocenters. The summed E-state index contributed by atoms with van der Waals surface area (Å²) < 4.78 is 13.0. The first-order valence-corrected chi connectivity index (χ1v) is 11.1. The average Bonchev–Trinajstić information content (AvgIpc) is 2.72. The Balaban J connectivity index is 2.05. The van der Waals surface area contributed by atoms with E-state index in [1.54, 1.807) is 30.0 Å². The van der Waals surface area contributed by atoms with Crippen molar-refractivity contribution in [3.63, 3.8) is 0 Å². The van der Waals surface area contributed by atoms with Crippen LogP contribution in [0.25, 0.3) is 0 Å². The lowest BCUT2D eigenvalue weighted by Crippen LogP contribution is -2.48. The van der Waals surface area contributed by atoms with Crippen LogP contribution >= 0.6 is 23.4 Å². The molecule has 0 aliphatic heterocycles. The van der Waals surface area contributed by atoms with Gasteiger partial charge < -0.3 is 10.2 Å². The summed E-state index contributed by atoms with van der Waals surface area (Å²) in [5, 5.41) is 3.41. The molecule has 4 nitrogen and oxygen atoms in total. The second-order valence-electron chi connectivity index (χ2n) is 6.70. The topological polar surface area (TPSA) is 49.4 Å². The number of nitrogens with one attached hydrogen (secondary N) is 1. The highest BCUT2D eigenvalue weighted by atomic mass is 35.5. The first-order chi connectivity index (χ1) is 13.9. The Morgan fingerprint density at radius 2 is 1.86 bits per heavy atom. The van der Waals surface area contributed by atoms with E-state index in [1.165, 1.54) is 23.9 Å². The molecule has 0 saturated heterocycles. The van der Waals surface area contributed by atoms with Gasteiger partial charge in [0.1, 0.15) is 11.9 Å². The lowest BCUT2D eigenvalue weighted by atomic mass is 10.1. The summed E-state index contributed by atoms with van der Waals surface area (Å²) in [4.78, 5) is 27.0. The third-order valence-corrected chi connectivity index (χ3v) is 5.78. The van der Waals surface area contributed by atoms with Crippen LogP contribution < -0.4 is 5.32 Å². The highest BCUT2D eigenvalue weighted by Gasteiger charge is 2.26. The molecule has 0 bridgehead atoms. The monoisotopic (exact) mass is 436 g/mol. The van der Waals surface area contributed by atoms with E-state index in [2.05, 4.69) is 5.32 Å². The molecule has 2 aromatic rings. The van der Waals surface area contributed by atoms with Crippen LogP contribution in [-0.2, 0) is 21.9 Å². The standard InChI is InChI=1S/C22H26ClFN2O2S/c1-3-12-25-22(28)16(2)26(13-18-6-4-5-7-20(18)23)21(27)15-29-14-17-8-10-19(24)11-9-17/h4-11,16H,3,12-15H2,1-2H3,(H,25,28)/t16-/m0/s1. The molecular formula is C22H26ClFN2O2S. The third-order valence-electron chi connectivity index (χ3n) is 4.42. The average molecular weight is 437 g/mol. The van der Waals surface area contributed by atoms with Gasteiger partial charge in [-0.1, -0.05) is 48.9 Å².